The highest BCUT2D eigenvalue weighted by atomic mass is 16.1. The van der Waals surface area contributed by atoms with E-state index >= 15 is 0 Å². The predicted octanol–water partition coefficient (Wildman–Crippen LogP) is 0.814. The van der Waals surface area contributed by atoms with Crippen molar-refractivity contribution in [1.82, 2.24) is 20.0 Å². The van der Waals surface area contributed by atoms with Crippen molar-refractivity contribution in [3.63, 3.8) is 0 Å². The number of amides is 1. The lowest BCUT2D eigenvalue weighted by atomic mass is 10.0. The molecule has 3 heterocycles. The minimum atomic E-state index is 0.0214. The maximum absolute atomic E-state index is 12.3. The Morgan fingerprint density at radius 1 is 1.42 bits per heavy atom. The van der Waals surface area contributed by atoms with E-state index < -0.39 is 0 Å². The SMILES string of the molecule is O=C(N[C@@H]1C[C@@H]2C[C@@H]1CN2)c1ccc2cncn2c1. The molecule has 3 atom stereocenters. The van der Waals surface area contributed by atoms with Crippen molar-refractivity contribution in [3.8, 4) is 0 Å². The first-order chi connectivity index (χ1) is 9.29. The number of rotatable bonds is 2. The summed E-state index contributed by atoms with van der Waals surface area (Å²) in [5.41, 5.74) is 1.70. The van der Waals surface area contributed by atoms with E-state index in [0.717, 1.165) is 18.5 Å². The van der Waals surface area contributed by atoms with Gasteiger partial charge < -0.3 is 15.0 Å². The lowest BCUT2D eigenvalue weighted by Crippen LogP contribution is -2.44. The monoisotopic (exact) mass is 256 g/mol. The van der Waals surface area contributed by atoms with Crippen LogP contribution in [0.4, 0.5) is 0 Å². The summed E-state index contributed by atoms with van der Waals surface area (Å²) in [6, 6.07) is 4.71. The molecule has 2 aliphatic rings. The summed E-state index contributed by atoms with van der Waals surface area (Å²) < 4.78 is 1.87. The first-order valence-corrected chi connectivity index (χ1v) is 6.75. The number of piperidine rings is 1. The van der Waals surface area contributed by atoms with Crippen LogP contribution in [0.25, 0.3) is 5.52 Å². The fraction of sp³-hybridized carbons (Fsp3) is 0.429. The predicted molar refractivity (Wildman–Crippen MR) is 71.0 cm³/mol. The molecule has 1 amide bonds. The Bertz CT molecular complexity index is 635. The van der Waals surface area contributed by atoms with Gasteiger partial charge in [0, 0.05) is 24.8 Å². The summed E-state index contributed by atoms with van der Waals surface area (Å²) in [5.74, 6) is 0.624. The number of nitrogens with one attached hydrogen (secondary N) is 2. The smallest absolute Gasteiger partial charge is 0.253 e. The van der Waals surface area contributed by atoms with E-state index in [0.29, 0.717) is 23.6 Å². The number of aromatic nitrogens is 2. The van der Waals surface area contributed by atoms with E-state index in [-0.39, 0.29) is 5.91 Å². The molecule has 0 aromatic carbocycles. The summed E-state index contributed by atoms with van der Waals surface area (Å²) >= 11 is 0. The number of hydrogen-bond donors (Lipinski definition) is 2. The van der Waals surface area contributed by atoms with E-state index in [2.05, 4.69) is 15.6 Å². The molecule has 0 spiro atoms. The van der Waals surface area contributed by atoms with Crippen LogP contribution in [0, 0.1) is 5.92 Å². The molecule has 0 radical (unpaired) electrons. The molecule has 5 heteroatoms. The van der Waals surface area contributed by atoms with Crippen molar-refractivity contribution in [2.24, 2.45) is 5.92 Å². The highest BCUT2D eigenvalue weighted by Gasteiger charge is 2.40. The van der Waals surface area contributed by atoms with Gasteiger partial charge in [0.2, 0.25) is 0 Å². The molecule has 98 valence electrons. The first kappa shape index (κ1) is 11.0. The highest BCUT2D eigenvalue weighted by molar-refractivity contribution is 5.94. The van der Waals surface area contributed by atoms with Crippen LogP contribution in [0.2, 0.25) is 0 Å². The Hall–Kier alpha value is -1.88. The van der Waals surface area contributed by atoms with Gasteiger partial charge in [0.05, 0.1) is 23.6 Å². The third kappa shape index (κ3) is 1.81. The topological polar surface area (TPSA) is 58.4 Å². The summed E-state index contributed by atoms with van der Waals surface area (Å²) in [7, 11) is 0. The summed E-state index contributed by atoms with van der Waals surface area (Å²) in [6.45, 7) is 1.04. The molecule has 0 unspecified atom stereocenters. The molecule has 2 N–H and O–H groups in total. The Morgan fingerprint density at radius 3 is 3.16 bits per heavy atom. The summed E-state index contributed by atoms with van der Waals surface area (Å²) in [4.78, 5) is 16.3. The van der Waals surface area contributed by atoms with E-state index in [9.17, 15) is 4.79 Å². The van der Waals surface area contributed by atoms with Crippen molar-refractivity contribution >= 4 is 11.4 Å². The third-order valence-corrected chi connectivity index (χ3v) is 4.35. The number of pyridine rings is 1. The standard InChI is InChI=1S/C14H16N4O/c19-14(17-13-4-11-3-10(13)5-16-11)9-1-2-12-6-15-8-18(12)7-9/h1-2,6-8,10-11,13,16H,3-5H2,(H,17,19)/t10-,11+,13-/m1/s1. The van der Waals surface area contributed by atoms with Gasteiger partial charge in [-0.05, 0) is 30.9 Å². The highest BCUT2D eigenvalue weighted by Crippen LogP contribution is 2.31. The minimum absolute atomic E-state index is 0.0214. The van der Waals surface area contributed by atoms with Gasteiger partial charge in [-0.3, -0.25) is 4.79 Å². The minimum Gasteiger partial charge on any atom is -0.349 e. The van der Waals surface area contributed by atoms with Crippen molar-refractivity contribution in [2.45, 2.75) is 24.9 Å². The van der Waals surface area contributed by atoms with Crippen LogP contribution in [0.5, 0.6) is 0 Å². The zero-order valence-corrected chi connectivity index (χ0v) is 10.5. The molecule has 5 nitrogen and oxygen atoms in total. The number of hydrogen-bond acceptors (Lipinski definition) is 3. The molecule has 19 heavy (non-hydrogen) atoms. The Morgan fingerprint density at radius 2 is 2.37 bits per heavy atom. The first-order valence-electron chi connectivity index (χ1n) is 6.75. The molecule has 2 aromatic rings. The number of carbonyl (C=O) groups is 1. The normalized spacial score (nSPS) is 28.9. The summed E-state index contributed by atoms with van der Waals surface area (Å²) in [6.07, 6.45) is 7.59. The average Bonchev–Trinajstić information content (AvgIpc) is 3.13. The Labute approximate surface area is 111 Å². The summed E-state index contributed by atoms with van der Waals surface area (Å²) in [5, 5.41) is 6.63. The molecule has 4 rings (SSSR count). The van der Waals surface area contributed by atoms with Gasteiger partial charge in [0.1, 0.15) is 0 Å². The number of nitrogens with zero attached hydrogens (tertiary/aromatic N) is 2. The van der Waals surface area contributed by atoms with Gasteiger partial charge >= 0.3 is 0 Å². The molecule has 1 aliphatic carbocycles. The molecule has 2 bridgehead atoms. The second-order valence-corrected chi connectivity index (χ2v) is 5.56. The average molecular weight is 256 g/mol. The van der Waals surface area contributed by atoms with Crippen LogP contribution >= 0.6 is 0 Å². The van der Waals surface area contributed by atoms with Gasteiger partial charge in [-0.1, -0.05) is 0 Å². The van der Waals surface area contributed by atoms with E-state index in [1.165, 1.54) is 6.42 Å². The lowest BCUT2D eigenvalue weighted by molar-refractivity contribution is 0.0924. The Kier molecular flexibility index (Phi) is 2.35. The van der Waals surface area contributed by atoms with E-state index in [1.54, 1.807) is 12.5 Å². The third-order valence-electron chi connectivity index (χ3n) is 4.35. The molecule has 2 fully saturated rings. The molecule has 1 saturated heterocycles. The van der Waals surface area contributed by atoms with Crippen LogP contribution < -0.4 is 10.6 Å². The van der Waals surface area contributed by atoms with E-state index in [1.807, 2.05) is 22.7 Å². The molecule has 1 aliphatic heterocycles. The second-order valence-electron chi connectivity index (χ2n) is 5.56. The van der Waals surface area contributed by atoms with Crippen LogP contribution in [0.3, 0.4) is 0 Å². The number of imidazole rings is 1. The van der Waals surface area contributed by atoms with E-state index in [4.69, 9.17) is 0 Å². The number of fused-ring (bicyclic) bond motifs is 3. The maximum Gasteiger partial charge on any atom is 0.253 e. The van der Waals surface area contributed by atoms with Crippen molar-refractivity contribution in [2.75, 3.05) is 6.54 Å². The van der Waals surface area contributed by atoms with Crippen molar-refractivity contribution < 1.29 is 4.79 Å². The van der Waals surface area contributed by atoms with Crippen LogP contribution in [0.1, 0.15) is 23.2 Å². The van der Waals surface area contributed by atoms with Gasteiger partial charge in [0.25, 0.3) is 5.91 Å². The quantitative estimate of drug-likeness (QED) is 0.836. The molecule has 2 aromatic heterocycles. The van der Waals surface area contributed by atoms with Crippen LogP contribution in [-0.4, -0.2) is 33.9 Å². The molecular weight excluding hydrogens is 240 g/mol. The van der Waals surface area contributed by atoms with Crippen molar-refractivity contribution in [3.05, 3.63) is 36.4 Å². The largest absolute Gasteiger partial charge is 0.349 e. The fourth-order valence-electron chi connectivity index (χ4n) is 3.32. The lowest BCUT2D eigenvalue weighted by Gasteiger charge is -2.23. The Balaban J connectivity index is 1.53. The molecular formula is C14H16N4O. The van der Waals surface area contributed by atoms with Gasteiger partial charge in [0.15, 0.2) is 0 Å². The zero-order chi connectivity index (χ0) is 12.8. The van der Waals surface area contributed by atoms with Gasteiger partial charge in [-0.25, -0.2) is 4.98 Å². The second kappa shape index (κ2) is 4.06. The van der Waals surface area contributed by atoms with Crippen LogP contribution in [0.15, 0.2) is 30.9 Å². The zero-order valence-electron chi connectivity index (χ0n) is 10.5. The molecule has 1 saturated carbocycles. The fourth-order valence-corrected chi connectivity index (χ4v) is 3.32. The van der Waals surface area contributed by atoms with Crippen molar-refractivity contribution in [1.29, 1.82) is 0 Å². The number of carbonyl (C=O) groups excluding carboxylic acids is 1. The maximum atomic E-state index is 12.3. The van der Waals surface area contributed by atoms with Gasteiger partial charge in [-0.2, -0.15) is 0 Å². The van der Waals surface area contributed by atoms with Gasteiger partial charge in [-0.15, -0.1) is 0 Å². The van der Waals surface area contributed by atoms with Crippen LogP contribution in [-0.2, 0) is 0 Å².